The largest absolute Gasteiger partial charge is 0.327 e. The zero-order chi connectivity index (χ0) is 12.7. The molecule has 4 atom stereocenters. The molecule has 0 heterocycles. The molecule has 4 unspecified atom stereocenters. The van der Waals surface area contributed by atoms with Crippen LogP contribution in [0.5, 0.6) is 0 Å². The molecule has 3 rings (SSSR count). The second-order valence-electron chi connectivity index (χ2n) is 6.01. The molecule has 1 aromatic carbocycles. The van der Waals surface area contributed by atoms with E-state index in [1.807, 2.05) is 12.1 Å². The second kappa shape index (κ2) is 4.51. The first kappa shape index (κ1) is 11.9. The molecule has 2 nitrogen and oxygen atoms in total. The number of carbonyl (C=O) groups is 1. The number of fused-ring (bicyclic) bond motifs is 2. The molecule has 0 aliphatic heterocycles. The lowest BCUT2D eigenvalue weighted by Crippen LogP contribution is -2.40. The number of benzene rings is 1. The Balaban J connectivity index is 1.74. The van der Waals surface area contributed by atoms with Gasteiger partial charge in [-0.05, 0) is 49.1 Å². The number of nitrogens with two attached hydrogens (primary N) is 1. The van der Waals surface area contributed by atoms with Gasteiger partial charge in [0.25, 0.3) is 0 Å². The fourth-order valence-corrected chi connectivity index (χ4v) is 3.93. The van der Waals surface area contributed by atoms with Crippen molar-refractivity contribution < 1.29 is 4.79 Å². The summed E-state index contributed by atoms with van der Waals surface area (Å²) in [5.74, 6) is 1.68. The summed E-state index contributed by atoms with van der Waals surface area (Å²) in [6.45, 7) is 2.07. The Morgan fingerprint density at radius 3 is 2.67 bits per heavy atom. The maximum atomic E-state index is 12.5. The molecule has 2 bridgehead atoms. The summed E-state index contributed by atoms with van der Waals surface area (Å²) in [5, 5.41) is 0. The Morgan fingerprint density at radius 2 is 2.00 bits per heavy atom. The van der Waals surface area contributed by atoms with E-state index >= 15 is 0 Å². The fourth-order valence-electron chi connectivity index (χ4n) is 3.93. The smallest absolute Gasteiger partial charge is 0.142 e. The summed E-state index contributed by atoms with van der Waals surface area (Å²) in [7, 11) is 0. The molecular weight excluding hydrogens is 222 g/mol. The molecule has 0 amide bonds. The van der Waals surface area contributed by atoms with Gasteiger partial charge in [0.2, 0.25) is 0 Å². The molecule has 0 spiro atoms. The normalized spacial score (nSPS) is 33.9. The number of aryl methyl sites for hydroxylation is 1. The predicted octanol–water partition coefficient (Wildman–Crippen LogP) is 2.48. The average Bonchev–Trinajstić information content (AvgIpc) is 2.92. The summed E-state index contributed by atoms with van der Waals surface area (Å²) in [4.78, 5) is 12.5. The Bertz CT molecular complexity index is 466. The quantitative estimate of drug-likeness (QED) is 0.886. The summed E-state index contributed by atoms with van der Waals surface area (Å²) in [6.07, 6.45) is 4.20. The molecule has 2 saturated carbocycles. The lowest BCUT2D eigenvalue weighted by Gasteiger charge is -2.27. The van der Waals surface area contributed by atoms with Crippen molar-refractivity contribution in [2.24, 2.45) is 23.5 Å². The highest BCUT2D eigenvalue weighted by molar-refractivity contribution is 5.85. The lowest BCUT2D eigenvalue weighted by molar-refractivity contribution is -0.124. The Labute approximate surface area is 109 Å². The van der Waals surface area contributed by atoms with Gasteiger partial charge < -0.3 is 5.73 Å². The minimum absolute atomic E-state index is 0.125. The number of hydrogen-bond donors (Lipinski definition) is 1. The van der Waals surface area contributed by atoms with Crippen molar-refractivity contribution in [1.82, 2.24) is 0 Å². The molecule has 0 radical (unpaired) electrons. The van der Waals surface area contributed by atoms with Gasteiger partial charge in [0, 0.05) is 18.4 Å². The van der Waals surface area contributed by atoms with Gasteiger partial charge in [0.05, 0.1) is 0 Å². The number of carbonyl (C=O) groups excluding carboxylic acids is 1. The van der Waals surface area contributed by atoms with Gasteiger partial charge in [-0.3, -0.25) is 4.79 Å². The van der Waals surface area contributed by atoms with Gasteiger partial charge in [0.15, 0.2) is 0 Å². The summed E-state index contributed by atoms with van der Waals surface area (Å²) in [6, 6.07) is 8.29. The van der Waals surface area contributed by atoms with Crippen LogP contribution in [0.2, 0.25) is 0 Å². The van der Waals surface area contributed by atoms with Crippen LogP contribution in [-0.4, -0.2) is 11.8 Å². The first-order chi connectivity index (χ1) is 8.66. The van der Waals surface area contributed by atoms with Gasteiger partial charge >= 0.3 is 0 Å². The molecule has 18 heavy (non-hydrogen) atoms. The highest BCUT2D eigenvalue weighted by atomic mass is 16.1. The van der Waals surface area contributed by atoms with Crippen LogP contribution in [0, 0.1) is 24.7 Å². The van der Waals surface area contributed by atoms with E-state index in [-0.39, 0.29) is 12.0 Å². The summed E-state index contributed by atoms with van der Waals surface area (Å²) in [5.41, 5.74) is 8.61. The van der Waals surface area contributed by atoms with E-state index in [4.69, 9.17) is 5.73 Å². The van der Waals surface area contributed by atoms with E-state index in [2.05, 4.69) is 19.1 Å². The van der Waals surface area contributed by atoms with Gasteiger partial charge in [-0.25, -0.2) is 0 Å². The first-order valence-corrected chi connectivity index (χ1v) is 6.99. The van der Waals surface area contributed by atoms with E-state index in [0.717, 1.165) is 5.56 Å². The van der Waals surface area contributed by atoms with Crippen molar-refractivity contribution in [2.45, 2.75) is 38.6 Å². The number of hydrogen-bond acceptors (Lipinski definition) is 2. The molecule has 2 aliphatic rings. The van der Waals surface area contributed by atoms with Crippen LogP contribution >= 0.6 is 0 Å². The Kier molecular flexibility index (Phi) is 2.98. The van der Waals surface area contributed by atoms with Crippen LogP contribution in [0.25, 0.3) is 0 Å². The molecule has 2 fully saturated rings. The van der Waals surface area contributed by atoms with Crippen LogP contribution in [-0.2, 0) is 11.2 Å². The molecule has 1 aromatic rings. The summed E-state index contributed by atoms with van der Waals surface area (Å²) >= 11 is 0. The number of Topliss-reactive ketones (excluding diaryl/α,β-unsaturated/α-hetero) is 1. The Hall–Kier alpha value is -1.15. The van der Waals surface area contributed by atoms with Crippen molar-refractivity contribution in [3.63, 3.8) is 0 Å². The van der Waals surface area contributed by atoms with Crippen molar-refractivity contribution in [3.05, 3.63) is 35.4 Å². The third-order valence-electron chi connectivity index (χ3n) is 4.98. The monoisotopic (exact) mass is 243 g/mol. The topological polar surface area (TPSA) is 43.1 Å². The summed E-state index contributed by atoms with van der Waals surface area (Å²) < 4.78 is 0. The molecule has 96 valence electrons. The molecule has 2 N–H and O–H groups in total. The van der Waals surface area contributed by atoms with Gasteiger partial charge in [0.1, 0.15) is 5.78 Å². The van der Waals surface area contributed by atoms with E-state index in [0.29, 0.717) is 24.0 Å². The zero-order valence-electron chi connectivity index (χ0n) is 10.9. The van der Waals surface area contributed by atoms with Crippen LogP contribution in [0.15, 0.2) is 24.3 Å². The number of rotatable bonds is 3. The molecule has 0 aromatic heterocycles. The van der Waals surface area contributed by atoms with Crippen LogP contribution in [0.1, 0.15) is 30.4 Å². The SMILES string of the molecule is Cc1ccccc1CC(=O)C1C2CCC(C2)C1N. The van der Waals surface area contributed by atoms with Crippen molar-refractivity contribution in [3.8, 4) is 0 Å². The van der Waals surface area contributed by atoms with Gasteiger partial charge in [-0.15, -0.1) is 0 Å². The highest BCUT2D eigenvalue weighted by Crippen LogP contribution is 2.48. The fraction of sp³-hybridized carbons (Fsp3) is 0.562. The van der Waals surface area contributed by atoms with Gasteiger partial charge in [-0.2, -0.15) is 0 Å². The maximum Gasteiger partial charge on any atom is 0.142 e. The standard InChI is InChI=1S/C16H21NO/c1-10-4-2-3-5-11(10)9-14(18)15-12-6-7-13(8-12)16(15)17/h2-5,12-13,15-16H,6-9,17H2,1H3. The van der Waals surface area contributed by atoms with E-state index in [1.54, 1.807) is 0 Å². The molecule has 2 aliphatic carbocycles. The molecule has 2 heteroatoms. The first-order valence-electron chi connectivity index (χ1n) is 6.99. The minimum Gasteiger partial charge on any atom is -0.327 e. The average molecular weight is 243 g/mol. The lowest BCUT2D eigenvalue weighted by atomic mass is 9.80. The van der Waals surface area contributed by atoms with Crippen LogP contribution < -0.4 is 5.73 Å². The van der Waals surface area contributed by atoms with E-state index < -0.39 is 0 Å². The molecule has 0 saturated heterocycles. The third-order valence-corrected chi connectivity index (χ3v) is 4.98. The van der Waals surface area contributed by atoms with E-state index in [9.17, 15) is 4.79 Å². The second-order valence-corrected chi connectivity index (χ2v) is 6.01. The minimum atomic E-state index is 0.125. The zero-order valence-corrected chi connectivity index (χ0v) is 10.9. The maximum absolute atomic E-state index is 12.5. The Morgan fingerprint density at radius 1 is 1.28 bits per heavy atom. The predicted molar refractivity (Wildman–Crippen MR) is 72.2 cm³/mol. The highest BCUT2D eigenvalue weighted by Gasteiger charge is 2.48. The van der Waals surface area contributed by atoms with Crippen molar-refractivity contribution in [1.29, 1.82) is 0 Å². The van der Waals surface area contributed by atoms with Crippen LogP contribution in [0.4, 0.5) is 0 Å². The van der Waals surface area contributed by atoms with Crippen molar-refractivity contribution >= 4 is 5.78 Å². The number of ketones is 1. The molecular formula is C16H21NO. The van der Waals surface area contributed by atoms with Crippen LogP contribution in [0.3, 0.4) is 0 Å². The third kappa shape index (κ3) is 1.89. The van der Waals surface area contributed by atoms with Gasteiger partial charge in [-0.1, -0.05) is 24.3 Å². The van der Waals surface area contributed by atoms with Crippen molar-refractivity contribution in [2.75, 3.05) is 0 Å². The van der Waals surface area contributed by atoms with E-state index in [1.165, 1.54) is 24.8 Å².